The molecule has 0 aliphatic carbocycles. The maximum atomic E-state index is 12.7. The molecule has 1 unspecified atom stereocenters. The number of aryl methyl sites for hydroxylation is 2. The average molecular weight is 365 g/mol. The van der Waals surface area contributed by atoms with Crippen molar-refractivity contribution in [3.8, 4) is 0 Å². The fourth-order valence-corrected chi connectivity index (χ4v) is 3.54. The van der Waals surface area contributed by atoms with Gasteiger partial charge in [0.1, 0.15) is 11.9 Å². The summed E-state index contributed by atoms with van der Waals surface area (Å²) < 4.78 is 0. The van der Waals surface area contributed by atoms with E-state index in [0.29, 0.717) is 18.8 Å². The molecule has 1 saturated heterocycles. The van der Waals surface area contributed by atoms with Crippen molar-refractivity contribution >= 4 is 17.6 Å². The predicted molar refractivity (Wildman–Crippen MR) is 106 cm³/mol. The number of nitrogens with one attached hydrogen (secondary N) is 1. The van der Waals surface area contributed by atoms with E-state index in [4.69, 9.17) is 0 Å². The van der Waals surface area contributed by atoms with Crippen LogP contribution < -0.4 is 5.32 Å². The summed E-state index contributed by atoms with van der Waals surface area (Å²) in [4.78, 5) is 30.9. The third kappa shape index (κ3) is 5.16. The van der Waals surface area contributed by atoms with Gasteiger partial charge < -0.3 is 10.2 Å². The normalized spacial score (nSPS) is 16.3. The molecule has 2 amide bonds. The van der Waals surface area contributed by atoms with Crippen LogP contribution in [-0.4, -0.2) is 34.3 Å². The molecule has 0 spiro atoms. The number of hydrogen-bond donors (Lipinski definition) is 1. The number of carbonyl (C=O) groups is 2. The Labute approximate surface area is 160 Å². The second-order valence-corrected chi connectivity index (χ2v) is 7.02. The van der Waals surface area contributed by atoms with Crippen LogP contribution in [0.1, 0.15) is 43.7 Å². The van der Waals surface area contributed by atoms with E-state index in [-0.39, 0.29) is 17.9 Å². The largest absolute Gasteiger partial charge is 0.331 e. The maximum absolute atomic E-state index is 12.7. The summed E-state index contributed by atoms with van der Waals surface area (Å²) in [5.41, 5.74) is 2.42. The second-order valence-electron chi connectivity index (χ2n) is 7.02. The highest BCUT2D eigenvalue weighted by Gasteiger charge is 2.33. The van der Waals surface area contributed by atoms with Crippen molar-refractivity contribution in [3.05, 3.63) is 59.8 Å². The van der Waals surface area contributed by atoms with E-state index < -0.39 is 0 Å². The Morgan fingerprint density at radius 3 is 2.70 bits per heavy atom. The van der Waals surface area contributed by atoms with E-state index in [1.54, 1.807) is 11.1 Å². The molecule has 1 aliphatic rings. The monoisotopic (exact) mass is 365 g/mol. The zero-order valence-electron chi connectivity index (χ0n) is 15.9. The lowest BCUT2D eigenvalue weighted by Crippen LogP contribution is -2.43. The smallest absolute Gasteiger partial charge is 0.248 e. The van der Waals surface area contributed by atoms with Crippen molar-refractivity contribution in [3.63, 3.8) is 0 Å². The van der Waals surface area contributed by atoms with Gasteiger partial charge in [-0.2, -0.15) is 0 Å². The Morgan fingerprint density at radius 2 is 1.93 bits per heavy atom. The van der Waals surface area contributed by atoms with Gasteiger partial charge >= 0.3 is 0 Å². The first-order valence-electron chi connectivity index (χ1n) is 9.76. The predicted octanol–water partition coefficient (Wildman–Crippen LogP) is 3.60. The molecule has 3 rings (SSSR count). The molecular weight excluding hydrogens is 338 g/mol. The van der Waals surface area contributed by atoms with E-state index in [1.807, 2.05) is 37.3 Å². The quantitative estimate of drug-likeness (QED) is 0.815. The number of benzene rings is 1. The standard InChI is InChI=1S/C22H27N3O2/c1-2-7-21(26)25-15-6-10-19(25)22(27)24-20-16-18(13-14-23-20)12-11-17-8-4-3-5-9-17/h3-5,8-9,13-14,16,19H,2,6-7,10-12,15H2,1H3,(H,23,24,27). The Kier molecular flexibility index (Phi) is 6.58. The van der Waals surface area contributed by atoms with Gasteiger partial charge in [-0.1, -0.05) is 37.3 Å². The Bertz CT molecular complexity index is 776. The lowest BCUT2D eigenvalue weighted by molar-refractivity contribution is -0.136. The van der Waals surface area contributed by atoms with Crippen LogP contribution in [0.15, 0.2) is 48.7 Å². The SMILES string of the molecule is CCCC(=O)N1CCCC1C(=O)Nc1cc(CCc2ccccc2)ccn1. The highest BCUT2D eigenvalue weighted by atomic mass is 16.2. The van der Waals surface area contributed by atoms with Crippen LogP contribution in [0.4, 0.5) is 5.82 Å². The Hall–Kier alpha value is -2.69. The van der Waals surface area contributed by atoms with Crippen LogP contribution >= 0.6 is 0 Å². The first kappa shape index (κ1) is 19.1. The van der Waals surface area contributed by atoms with Crippen molar-refractivity contribution in [2.24, 2.45) is 0 Å². The Morgan fingerprint density at radius 1 is 1.15 bits per heavy atom. The molecule has 142 valence electrons. The van der Waals surface area contributed by atoms with Crippen LogP contribution in [-0.2, 0) is 22.4 Å². The number of nitrogens with zero attached hydrogens (tertiary/aromatic N) is 2. The summed E-state index contributed by atoms with van der Waals surface area (Å²) in [7, 11) is 0. The van der Waals surface area contributed by atoms with E-state index in [0.717, 1.165) is 37.7 Å². The highest BCUT2D eigenvalue weighted by molar-refractivity contribution is 5.96. The van der Waals surface area contributed by atoms with Crippen molar-refractivity contribution < 1.29 is 9.59 Å². The van der Waals surface area contributed by atoms with Gasteiger partial charge in [-0.15, -0.1) is 0 Å². The van der Waals surface area contributed by atoms with Gasteiger partial charge in [0, 0.05) is 19.2 Å². The molecule has 5 nitrogen and oxygen atoms in total. The Balaban J connectivity index is 1.60. The third-order valence-electron chi connectivity index (χ3n) is 4.96. The molecule has 0 radical (unpaired) electrons. The summed E-state index contributed by atoms with van der Waals surface area (Å²) >= 11 is 0. The van der Waals surface area contributed by atoms with Gasteiger partial charge in [0.15, 0.2) is 0 Å². The number of carbonyl (C=O) groups excluding carboxylic acids is 2. The molecule has 27 heavy (non-hydrogen) atoms. The first-order chi connectivity index (χ1) is 13.2. The molecule has 1 N–H and O–H groups in total. The summed E-state index contributed by atoms with van der Waals surface area (Å²) in [6, 6.07) is 13.9. The maximum Gasteiger partial charge on any atom is 0.248 e. The number of hydrogen-bond acceptors (Lipinski definition) is 3. The van der Waals surface area contributed by atoms with Gasteiger partial charge in [0.2, 0.25) is 11.8 Å². The van der Waals surface area contributed by atoms with E-state index in [2.05, 4.69) is 22.4 Å². The lowest BCUT2D eigenvalue weighted by atomic mass is 10.1. The average Bonchev–Trinajstić information content (AvgIpc) is 3.18. The molecule has 1 atom stereocenters. The van der Waals surface area contributed by atoms with E-state index in [1.165, 1.54) is 5.56 Å². The molecule has 1 aromatic carbocycles. The fraction of sp³-hybridized carbons (Fsp3) is 0.409. The minimum Gasteiger partial charge on any atom is -0.331 e. The zero-order valence-corrected chi connectivity index (χ0v) is 15.9. The van der Waals surface area contributed by atoms with Crippen LogP contribution in [0, 0.1) is 0 Å². The fourth-order valence-electron chi connectivity index (χ4n) is 3.54. The summed E-state index contributed by atoms with van der Waals surface area (Å²) in [6.45, 7) is 2.65. The van der Waals surface area contributed by atoms with Crippen molar-refractivity contribution in [2.45, 2.75) is 51.5 Å². The number of pyridine rings is 1. The molecule has 2 heterocycles. The van der Waals surface area contributed by atoms with Crippen molar-refractivity contribution in [2.75, 3.05) is 11.9 Å². The number of anilines is 1. The number of likely N-dealkylation sites (tertiary alicyclic amines) is 1. The molecule has 0 saturated carbocycles. The first-order valence-corrected chi connectivity index (χ1v) is 9.76. The topological polar surface area (TPSA) is 62.3 Å². The van der Waals surface area contributed by atoms with Gasteiger partial charge in [-0.3, -0.25) is 9.59 Å². The lowest BCUT2D eigenvalue weighted by Gasteiger charge is -2.23. The highest BCUT2D eigenvalue weighted by Crippen LogP contribution is 2.20. The van der Waals surface area contributed by atoms with E-state index >= 15 is 0 Å². The van der Waals surface area contributed by atoms with Crippen molar-refractivity contribution in [1.82, 2.24) is 9.88 Å². The van der Waals surface area contributed by atoms with Crippen LogP contribution in [0.2, 0.25) is 0 Å². The van der Waals surface area contributed by atoms with Gasteiger partial charge in [-0.05, 0) is 55.4 Å². The second kappa shape index (κ2) is 9.31. The number of aromatic nitrogens is 1. The summed E-state index contributed by atoms with van der Waals surface area (Å²) in [5, 5.41) is 2.91. The molecule has 2 aromatic rings. The number of rotatable bonds is 7. The molecule has 1 fully saturated rings. The molecule has 5 heteroatoms. The molecule has 0 bridgehead atoms. The summed E-state index contributed by atoms with van der Waals surface area (Å²) in [6.07, 6.45) is 6.45. The van der Waals surface area contributed by atoms with E-state index in [9.17, 15) is 9.59 Å². The zero-order chi connectivity index (χ0) is 19.1. The molecule has 1 aliphatic heterocycles. The van der Waals surface area contributed by atoms with Crippen molar-refractivity contribution in [1.29, 1.82) is 0 Å². The van der Waals surface area contributed by atoms with Gasteiger partial charge in [-0.25, -0.2) is 4.98 Å². The minimum atomic E-state index is -0.376. The summed E-state index contributed by atoms with van der Waals surface area (Å²) in [5.74, 6) is 0.490. The number of amides is 2. The van der Waals surface area contributed by atoms with Crippen LogP contribution in [0.3, 0.4) is 0 Å². The van der Waals surface area contributed by atoms with Gasteiger partial charge in [0.05, 0.1) is 0 Å². The minimum absolute atomic E-state index is 0.0692. The molecular formula is C22H27N3O2. The third-order valence-corrected chi connectivity index (χ3v) is 4.96. The van der Waals surface area contributed by atoms with Gasteiger partial charge in [0.25, 0.3) is 0 Å². The molecule has 1 aromatic heterocycles. The van der Waals surface area contributed by atoms with Crippen LogP contribution in [0.5, 0.6) is 0 Å². The van der Waals surface area contributed by atoms with Crippen LogP contribution in [0.25, 0.3) is 0 Å².